The van der Waals surface area contributed by atoms with E-state index in [2.05, 4.69) is 20.1 Å². The Labute approximate surface area is 134 Å². The number of thiazole rings is 1. The molecule has 0 unspecified atom stereocenters. The van der Waals surface area contributed by atoms with Crippen molar-refractivity contribution in [3.05, 3.63) is 39.4 Å². The van der Waals surface area contributed by atoms with Gasteiger partial charge in [-0.15, -0.1) is 11.3 Å². The standard InChI is InChI=1S/C15H13N5O2S/c1-7-12(23-8(2)16-7)14-18-13(19-22-14)9-4-5-11-10(6-9)17-15(21)20(11)3/h4-6H,1-3H3,(H,17,21). The lowest BCUT2D eigenvalue weighted by molar-refractivity contribution is 0.433. The number of fused-ring (bicyclic) bond motifs is 1. The molecular weight excluding hydrogens is 314 g/mol. The van der Waals surface area contributed by atoms with Crippen LogP contribution in [0.1, 0.15) is 10.7 Å². The van der Waals surface area contributed by atoms with Crippen molar-refractivity contribution >= 4 is 22.4 Å². The number of nitrogens with zero attached hydrogens (tertiary/aromatic N) is 4. The second-order valence-corrected chi connectivity index (χ2v) is 6.49. The van der Waals surface area contributed by atoms with Crippen molar-refractivity contribution in [3.8, 4) is 22.2 Å². The number of imidazole rings is 1. The second kappa shape index (κ2) is 4.88. The average Bonchev–Trinajstić information content (AvgIpc) is 3.18. The fourth-order valence-corrected chi connectivity index (χ4v) is 3.38. The Morgan fingerprint density at radius 3 is 2.83 bits per heavy atom. The Morgan fingerprint density at radius 2 is 2.09 bits per heavy atom. The van der Waals surface area contributed by atoms with E-state index < -0.39 is 0 Å². The van der Waals surface area contributed by atoms with Gasteiger partial charge in [0.1, 0.15) is 4.88 Å². The van der Waals surface area contributed by atoms with Crippen LogP contribution >= 0.6 is 11.3 Å². The molecule has 1 N–H and O–H groups in total. The minimum atomic E-state index is -0.151. The van der Waals surface area contributed by atoms with Crippen molar-refractivity contribution in [2.45, 2.75) is 13.8 Å². The first-order chi connectivity index (χ1) is 11.0. The van der Waals surface area contributed by atoms with Gasteiger partial charge in [-0.1, -0.05) is 5.16 Å². The molecule has 7 nitrogen and oxygen atoms in total. The van der Waals surface area contributed by atoms with Crippen molar-refractivity contribution in [3.63, 3.8) is 0 Å². The van der Waals surface area contributed by atoms with E-state index >= 15 is 0 Å². The van der Waals surface area contributed by atoms with E-state index in [4.69, 9.17) is 4.52 Å². The number of hydrogen-bond donors (Lipinski definition) is 1. The van der Waals surface area contributed by atoms with Crippen LogP contribution in [0.25, 0.3) is 33.2 Å². The third-order valence-electron chi connectivity index (χ3n) is 3.69. The minimum Gasteiger partial charge on any atom is -0.333 e. The maximum absolute atomic E-state index is 11.7. The minimum absolute atomic E-state index is 0.151. The fraction of sp³-hybridized carbons (Fsp3) is 0.200. The number of aromatic nitrogens is 5. The van der Waals surface area contributed by atoms with Gasteiger partial charge in [-0.05, 0) is 32.0 Å². The summed E-state index contributed by atoms with van der Waals surface area (Å²) in [7, 11) is 1.72. The third kappa shape index (κ3) is 2.18. The van der Waals surface area contributed by atoms with E-state index in [0.29, 0.717) is 11.7 Å². The highest BCUT2D eigenvalue weighted by Crippen LogP contribution is 2.30. The smallest absolute Gasteiger partial charge is 0.326 e. The molecule has 0 aliphatic heterocycles. The summed E-state index contributed by atoms with van der Waals surface area (Å²) in [6, 6.07) is 5.58. The topological polar surface area (TPSA) is 89.6 Å². The molecule has 0 saturated carbocycles. The molecule has 0 spiro atoms. The molecule has 0 aliphatic rings. The van der Waals surface area contributed by atoms with Crippen molar-refractivity contribution in [1.29, 1.82) is 0 Å². The number of aryl methyl sites for hydroxylation is 3. The summed E-state index contributed by atoms with van der Waals surface area (Å²) < 4.78 is 6.93. The fourth-order valence-electron chi connectivity index (χ4n) is 2.54. The highest BCUT2D eigenvalue weighted by molar-refractivity contribution is 7.15. The van der Waals surface area contributed by atoms with Crippen molar-refractivity contribution in [1.82, 2.24) is 24.7 Å². The molecule has 0 aliphatic carbocycles. The predicted octanol–water partition coefficient (Wildman–Crippen LogP) is 2.66. The SMILES string of the molecule is Cc1nc(C)c(-c2nc(-c3ccc4c(c3)[nH]c(=O)n4C)no2)s1. The van der Waals surface area contributed by atoms with Crippen LogP contribution in [0.3, 0.4) is 0 Å². The number of rotatable bonds is 2. The lowest BCUT2D eigenvalue weighted by atomic mass is 10.2. The van der Waals surface area contributed by atoms with Gasteiger partial charge in [-0.3, -0.25) is 4.57 Å². The maximum atomic E-state index is 11.7. The number of nitrogens with one attached hydrogen (secondary N) is 1. The lowest BCUT2D eigenvalue weighted by Gasteiger charge is -1.96. The molecule has 3 heterocycles. The van der Waals surface area contributed by atoms with Gasteiger partial charge in [0.05, 0.1) is 21.7 Å². The molecule has 116 valence electrons. The Kier molecular flexibility index (Phi) is 2.95. The molecule has 8 heteroatoms. The normalized spacial score (nSPS) is 11.4. The van der Waals surface area contributed by atoms with Crippen LogP contribution < -0.4 is 5.69 Å². The Balaban J connectivity index is 1.79. The van der Waals surface area contributed by atoms with Crippen LogP contribution in [0.5, 0.6) is 0 Å². The largest absolute Gasteiger partial charge is 0.333 e. The van der Waals surface area contributed by atoms with Crippen LogP contribution in [0.2, 0.25) is 0 Å². The van der Waals surface area contributed by atoms with E-state index in [-0.39, 0.29) is 5.69 Å². The average molecular weight is 327 g/mol. The molecule has 4 rings (SSSR count). The Hall–Kier alpha value is -2.74. The summed E-state index contributed by atoms with van der Waals surface area (Å²) in [5.41, 5.74) is 3.09. The molecule has 0 fully saturated rings. The van der Waals surface area contributed by atoms with Gasteiger partial charge in [0, 0.05) is 12.6 Å². The molecule has 0 amide bonds. The second-order valence-electron chi connectivity index (χ2n) is 5.29. The van der Waals surface area contributed by atoms with Gasteiger partial charge < -0.3 is 9.51 Å². The molecule has 0 atom stereocenters. The Bertz CT molecular complexity index is 1090. The van der Waals surface area contributed by atoms with Gasteiger partial charge in [0.15, 0.2) is 0 Å². The summed E-state index contributed by atoms with van der Waals surface area (Å²) in [4.78, 5) is 24.2. The third-order valence-corrected chi connectivity index (χ3v) is 4.75. The van der Waals surface area contributed by atoms with Crippen molar-refractivity contribution in [2.24, 2.45) is 7.05 Å². The van der Waals surface area contributed by atoms with E-state index in [0.717, 1.165) is 32.2 Å². The number of hydrogen-bond acceptors (Lipinski definition) is 6. The zero-order valence-corrected chi connectivity index (χ0v) is 13.6. The summed E-state index contributed by atoms with van der Waals surface area (Å²) in [5.74, 6) is 0.946. The highest BCUT2D eigenvalue weighted by atomic mass is 32.1. The predicted molar refractivity (Wildman–Crippen MR) is 87.4 cm³/mol. The number of aromatic amines is 1. The monoisotopic (exact) mass is 327 g/mol. The Morgan fingerprint density at radius 1 is 1.26 bits per heavy atom. The summed E-state index contributed by atoms with van der Waals surface area (Å²) in [6.45, 7) is 3.86. The van der Waals surface area contributed by atoms with E-state index in [1.165, 1.54) is 11.3 Å². The maximum Gasteiger partial charge on any atom is 0.326 e. The van der Waals surface area contributed by atoms with Crippen LogP contribution in [0, 0.1) is 13.8 Å². The summed E-state index contributed by atoms with van der Waals surface area (Å²) in [6.07, 6.45) is 0. The lowest BCUT2D eigenvalue weighted by Crippen LogP contribution is -2.11. The quantitative estimate of drug-likeness (QED) is 0.611. The summed E-state index contributed by atoms with van der Waals surface area (Å²) >= 11 is 1.53. The molecule has 23 heavy (non-hydrogen) atoms. The van der Waals surface area contributed by atoms with Crippen LogP contribution in [-0.4, -0.2) is 24.7 Å². The molecule has 0 bridgehead atoms. The molecule has 0 saturated heterocycles. The van der Waals surface area contributed by atoms with Crippen molar-refractivity contribution < 1.29 is 4.52 Å². The van der Waals surface area contributed by atoms with Gasteiger partial charge >= 0.3 is 5.69 Å². The van der Waals surface area contributed by atoms with E-state index in [1.54, 1.807) is 11.6 Å². The van der Waals surface area contributed by atoms with Crippen LogP contribution in [0.4, 0.5) is 0 Å². The van der Waals surface area contributed by atoms with Gasteiger partial charge in [-0.2, -0.15) is 4.98 Å². The molecule has 3 aromatic heterocycles. The van der Waals surface area contributed by atoms with Crippen LogP contribution in [-0.2, 0) is 7.05 Å². The van der Waals surface area contributed by atoms with E-state index in [1.807, 2.05) is 32.0 Å². The van der Waals surface area contributed by atoms with Gasteiger partial charge in [0.2, 0.25) is 5.82 Å². The first kappa shape index (κ1) is 13.9. The zero-order valence-electron chi connectivity index (χ0n) is 12.7. The van der Waals surface area contributed by atoms with Gasteiger partial charge in [0.25, 0.3) is 5.89 Å². The molecule has 4 aromatic rings. The van der Waals surface area contributed by atoms with Crippen LogP contribution in [0.15, 0.2) is 27.5 Å². The molecule has 1 aromatic carbocycles. The zero-order chi connectivity index (χ0) is 16.1. The first-order valence-electron chi connectivity index (χ1n) is 7.00. The summed E-state index contributed by atoms with van der Waals surface area (Å²) in [5, 5.41) is 5.00. The molecular formula is C15H13N5O2S. The first-order valence-corrected chi connectivity index (χ1v) is 7.82. The van der Waals surface area contributed by atoms with Gasteiger partial charge in [-0.25, -0.2) is 9.78 Å². The molecule has 0 radical (unpaired) electrons. The number of H-pyrrole nitrogens is 1. The van der Waals surface area contributed by atoms with E-state index in [9.17, 15) is 4.79 Å². The highest BCUT2D eigenvalue weighted by Gasteiger charge is 2.16. The number of benzene rings is 1. The van der Waals surface area contributed by atoms with Crippen molar-refractivity contribution in [2.75, 3.05) is 0 Å².